The lowest BCUT2D eigenvalue weighted by Crippen LogP contribution is -2.64. The number of nitrogen functional groups attached to an aromatic ring is 1. The first kappa shape index (κ1) is 25.0. The number of anilines is 1. The molecule has 2 fully saturated rings. The third-order valence-electron chi connectivity index (χ3n) is 5.47. The number of fused-ring (bicyclic) bond motifs is 1. The van der Waals surface area contributed by atoms with Gasteiger partial charge in [-0.1, -0.05) is 11.6 Å². The maximum Gasteiger partial charge on any atom is 0.358 e. The summed E-state index contributed by atoms with van der Waals surface area (Å²) in [5, 5.41) is 5.77. The van der Waals surface area contributed by atoms with Crippen molar-refractivity contribution in [2.75, 3.05) is 18.8 Å². The molecule has 2 heterocycles. The summed E-state index contributed by atoms with van der Waals surface area (Å²) in [7, 11) is 0. The lowest BCUT2D eigenvalue weighted by atomic mass is 10.1. The first-order valence-corrected chi connectivity index (χ1v) is 11.0. The van der Waals surface area contributed by atoms with Gasteiger partial charge in [0.15, 0.2) is 0 Å². The van der Waals surface area contributed by atoms with Gasteiger partial charge >= 0.3 is 6.03 Å². The van der Waals surface area contributed by atoms with Gasteiger partial charge in [-0.3, -0.25) is 24.6 Å². The fraction of sp³-hybridized carbons (Fsp3) is 0.429. The Kier molecular flexibility index (Phi) is 7.72. The molecule has 2 unspecified atom stereocenters. The minimum absolute atomic E-state index is 0.0827. The summed E-state index contributed by atoms with van der Waals surface area (Å²) < 4.78 is 0. The van der Waals surface area contributed by atoms with Crippen LogP contribution in [0.4, 0.5) is 10.5 Å². The van der Waals surface area contributed by atoms with Gasteiger partial charge in [-0.25, -0.2) is 19.8 Å². The number of halogens is 1. The Morgan fingerprint density at radius 2 is 2.00 bits per heavy atom. The molecule has 2 aliphatic heterocycles. The number of nitrogens with zero attached hydrogens (tertiary/aromatic N) is 3. The van der Waals surface area contributed by atoms with Crippen LogP contribution in [0.15, 0.2) is 18.2 Å². The second-order valence-electron chi connectivity index (χ2n) is 8.04. The maximum absolute atomic E-state index is 13.4. The molecule has 12 nitrogen and oxygen atoms in total. The molecule has 0 radical (unpaired) electrons. The number of urea groups is 1. The van der Waals surface area contributed by atoms with E-state index in [-0.39, 0.29) is 54.4 Å². The topological polar surface area (TPSA) is 162 Å². The van der Waals surface area contributed by atoms with Crippen molar-refractivity contribution in [2.45, 2.75) is 44.7 Å². The fourth-order valence-corrected chi connectivity index (χ4v) is 3.97. The average Bonchev–Trinajstić information content (AvgIpc) is 2.92. The summed E-state index contributed by atoms with van der Waals surface area (Å²) >= 11 is 5.97. The number of nitrogens with one attached hydrogen (secondary N) is 2. The first-order chi connectivity index (χ1) is 16.1. The van der Waals surface area contributed by atoms with Crippen LogP contribution in [0.25, 0.3) is 0 Å². The number of hydrogen-bond acceptors (Lipinski definition) is 7. The van der Waals surface area contributed by atoms with Crippen LogP contribution < -0.4 is 16.5 Å². The van der Waals surface area contributed by atoms with Gasteiger partial charge in [0.2, 0.25) is 11.8 Å². The van der Waals surface area contributed by atoms with Crippen molar-refractivity contribution in [3.8, 4) is 0 Å². The number of hydrazine groups is 2. The Morgan fingerprint density at radius 1 is 1.26 bits per heavy atom. The predicted octanol–water partition coefficient (Wildman–Crippen LogP) is 0.264. The van der Waals surface area contributed by atoms with Gasteiger partial charge in [-0.05, 0) is 38.0 Å². The number of carbonyl (C=O) groups is 6. The molecule has 0 saturated carbocycles. The normalized spacial score (nSPS) is 19.1. The zero-order chi connectivity index (χ0) is 25.0. The largest absolute Gasteiger partial charge is 0.398 e. The molecule has 0 aromatic heterocycles. The van der Waals surface area contributed by atoms with E-state index < -0.39 is 35.8 Å². The van der Waals surface area contributed by atoms with E-state index in [0.29, 0.717) is 12.7 Å². The number of Topliss-reactive ketones (excluding diaryl/α,β-unsaturated/α-hetero) is 1. The summed E-state index contributed by atoms with van der Waals surface area (Å²) in [4.78, 5) is 74.3. The number of benzene rings is 1. The number of nitrogens with two attached hydrogens (primary N) is 1. The molecule has 182 valence electrons. The SMILES string of the molecule is CC(=O)CC(C=O)NC(=O)C1CCCN2C(=O)CCN(NC(=O)c3ccc(N)c(Cl)c3)C(=O)N12. The van der Waals surface area contributed by atoms with Crippen LogP contribution in [0.5, 0.6) is 0 Å². The van der Waals surface area contributed by atoms with E-state index >= 15 is 0 Å². The van der Waals surface area contributed by atoms with E-state index in [0.717, 1.165) is 10.0 Å². The Morgan fingerprint density at radius 3 is 2.65 bits per heavy atom. The highest BCUT2D eigenvalue weighted by Crippen LogP contribution is 2.24. The van der Waals surface area contributed by atoms with Gasteiger partial charge < -0.3 is 15.8 Å². The summed E-state index contributed by atoms with van der Waals surface area (Å²) in [5.74, 6) is -2.02. The van der Waals surface area contributed by atoms with E-state index in [2.05, 4.69) is 10.7 Å². The second-order valence-corrected chi connectivity index (χ2v) is 8.45. The zero-order valence-electron chi connectivity index (χ0n) is 18.5. The lowest BCUT2D eigenvalue weighted by molar-refractivity contribution is -0.155. The second kappa shape index (κ2) is 10.5. The predicted molar refractivity (Wildman–Crippen MR) is 120 cm³/mol. The molecule has 1 aromatic rings. The van der Waals surface area contributed by atoms with Crippen LogP contribution >= 0.6 is 11.6 Å². The Bertz CT molecular complexity index is 1030. The number of aldehydes is 1. The number of ketones is 1. The Balaban J connectivity index is 1.82. The van der Waals surface area contributed by atoms with Crippen molar-refractivity contribution < 1.29 is 28.8 Å². The number of amides is 5. The summed E-state index contributed by atoms with van der Waals surface area (Å²) in [6, 6.07) is 1.28. The van der Waals surface area contributed by atoms with Crippen molar-refractivity contribution in [2.24, 2.45) is 0 Å². The molecule has 13 heteroatoms. The minimum atomic E-state index is -1.11. The quantitative estimate of drug-likeness (QED) is 0.363. The highest BCUT2D eigenvalue weighted by Gasteiger charge is 2.44. The van der Waals surface area contributed by atoms with Gasteiger partial charge in [0, 0.05) is 24.9 Å². The van der Waals surface area contributed by atoms with E-state index in [4.69, 9.17) is 17.3 Å². The maximum atomic E-state index is 13.4. The Labute approximate surface area is 200 Å². The third kappa shape index (κ3) is 5.45. The lowest BCUT2D eigenvalue weighted by Gasteiger charge is -2.43. The van der Waals surface area contributed by atoms with E-state index in [1.165, 1.54) is 30.1 Å². The van der Waals surface area contributed by atoms with Gasteiger partial charge in [0.1, 0.15) is 18.1 Å². The first-order valence-electron chi connectivity index (χ1n) is 10.6. The molecule has 34 heavy (non-hydrogen) atoms. The molecule has 0 bridgehead atoms. The van der Waals surface area contributed by atoms with Crippen molar-refractivity contribution in [3.63, 3.8) is 0 Å². The van der Waals surface area contributed by atoms with Gasteiger partial charge in [-0.15, -0.1) is 0 Å². The highest BCUT2D eigenvalue weighted by atomic mass is 35.5. The standard InChI is InChI=1S/C21H25ClN6O6/c1-12(30)9-14(11-29)24-20(33)17-3-2-7-27-18(31)6-8-26(21(34)28(17)27)25-19(32)13-4-5-16(23)15(22)10-13/h4-5,10-11,14,17H,2-3,6-9,23H2,1H3,(H,24,33)(H,25,32). The van der Waals surface area contributed by atoms with Crippen molar-refractivity contribution in [1.29, 1.82) is 0 Å². The summed E-state index contributed by atoms with van der Waals surface area (Å²) in [6.45, 7) is 1.39. The van der Waals surface area contributed by atoms with Crippen LogP contribution in [0.3, 0.4) is 0 Å². The Hall–Kier alpha value is -3.67. The molecule has 4 N–H and O–H groups in total. The molecular formula is C21H25ClN6O6. The van der Waals surface area contributed by atoms with Gasteiger partial charge in [0.05, 0.1) is 23.3 Å². The molecular weight excluding hydrogens is 468 g/mol. The molecule has 2 saturated heterocycles. The van der Waals surface area contributed by atoms with Crippen LogP contribution in [0, 0.1) is 0 Å². The van der Waals surface area contributed by atoms with E-state index in [1.807, 2.05) is 0 Å². The number of hydrogen-bond donors (Lipinski definition) is 3. The molecule has 2 aliphatic rings. The minimum Gasteiger partial charge on any atom is -0.398 e. The van der Waals surface area contributed by atoms with E-state index in [1.54, 1.807) is 0 Å². The van der Waals surface area contributed by atoms with Gasteiger partial charge in [0.25, 0.3) is 5.91 Å². The number of carbonyl (C=O) groups excluding carboxylic acids is 6. The van der Waals surface area contributed by atoms with Crippen molar-refractivity contribution in [3.05, 3.63) is 28.8 Å². The van der Waals surface area contributed by atoms with Crippen molar-refractivity contribution in [1.82, 2.24) is 25.8 Å². The zero-order valence-corrected chi connectivity index (χ0v) is 19.2. The average molecular weight is 493 g/mol. The summed E-state index contributed by atoms with van der Waals surface area (Å²) in [6.07, 6.45) is 0.843. The molecule has 0 aliphatic carbocycles. The molecule has 1 aromatic carbocycles. The number of rotatable bonds is 7. The fourth-order valence-electron chi connectivity index (χ4n) is 3.79. The molecule has 0 spiro atoms. The van der Waals surface area contributed by atoms with Crippen LogP contribution in [-0.4, -0.2) is 76.0 Å². The molecule has 2 atom stereocenters. The van der Waals surface area contributed by atoms with Crippen LogP contribution in [0.2, 0.25) is 5.02 Å². The van der Waals surface area contributed by atoms with Crippen molar-refractivity contribution >= 4 is 53.1 Å². The summed E-state index contributed by atoms with van der Waals surface area (Å²) in [5.41, 5.74) is 8.54. The van der Waals surface area contributed by atoms with Crippen LogP contribution in [-0.2, 0) is 19.2 Å². The van der Waals surface area contributed by atoms with E-state index in [9.17, 15) is 28.8 Å². The third-order valence-corrected chi connectivity index (χ3v) is 5.80. The molecule has 3 rings (SSSR count). The van der Waals surface area contributed by atoms with Crippen LogP contribution in [0.1, 0.15) is 43.0 Å². The molecule has 5 amide bonds. The highest BCUT2D eigenvalue weighted by molar-refractivity contribution is 6.33. The monoisotopic (exact) mass is 492 g/mol. The smallest absolute Gasteiger partial charge is 0.358 e. The van der Waals surface area contributed by atoms with Gasteiger partial charge in [-0.2, -0.15) is 0 Å².